The Bertz CT molecular complexity index is 787. The van der Waals surface area contributed by atoms with E-state index in [0.29, 0.717) is 26.1 Å². The average Bonchev–Trinajstić information content (AvgIpc) is 2.95. The SMILES string of the molecule is Cn1c(CNC(=O)N2CC[C@@]3(O)CCCC[C@H]3C2)nc2ccccc21. The lowest BCUT2D eigenvalue weighted by Gasteiger charge is -2.47. The summed E-state index contributed by atoms with van der Waals surface area (Å²) in [4.78, 5) is 19.0. The minimum atomic E-state index is -0.549. The quantitative estimate of drug-likeness (QED) is 0.880. The minimum Gasteiger partial charge on any atom is -0.389 e. The van der Waals surface area contributed by atoms with Crippen LogP contribution in [0, 0.1) is 5.92 Å². The van der Waals surface area contributed by atoms with Crippen LogP contribution in [0.4, 0.5) is 4.79 Å². The number of benzene rings is 1. The van der Waals surface area contributed by atoms with Gasteiger partial charge in [-0.1, -0.05) is 25.0 Å². The predicted molar refractivity (Wildman–Crippen MR) is 96.0 cm³/mol. The average molecular weight is 342 g/mol. The topological polar surface area (TPSA) is 70.4 Å². The van der Waals surface area contributed by atoms with Crippen LogP contribution in [0.15, 0.2) is 24.3 Å². The maximum absolute atomic E-state index is 12.6. The van der Waals surface area contributed by atoms with Gasteiger partial charge in [-0.05, 0) is 31.4 Å². The highest BCUT2D eigenvalue weighted by Gasteiger charge is 2.43. The molecule has 2 aromatic rings. The van der Waals surface area contributed by atoms with Crippen molar-refractivity contribution in [2.75, 3.05) is 13.1 Å². The molecule has 1 saturated carbocycles. The number of carbonyl (C=O) groups excluding carboxylic acids is 1. The first-order valence-electron chi connectivity index (χ1n) is 9.22. The summed E-state index contributed by atoms with van der Waals surface area (Å²) in [6, 6.07) is 7.92. The molecule has 6 heteroatoms. The van der Waals surface area contributed by atoms with Gasteiger partial charge in [-0.3, -0.25) is 0 Å². The number of aromatic nitrogens is 2. The standard InChI is InChI=1S/C19H26N4O2/c1-22-16-8-3-2-7-15(16)21-17(22)12-20-18(24)23-11-10-19(25)9-5-4-6-14(19)13-23/h2-3,7-8,14,25H,4-6,9-13H2,1H3,(H,20,24)/t14-,19-/m0/s1. The first kappa shape index (κ1) is 16.4. The summed E-state index contributed by atoms with van der Waals surface area (Å²) in [5.41, 5.74) is 1.46. The van der Waals surface area contributed by atoms with Crippen LogP contribution in [0.1, 0.15) is 37.9 Å². The van der Waals surface area contributed by atoms with Crippen LogP contribution in [0.2, 0.25) is 0 Å². The zero-order valence-electron chi connectivity index (χ0n) is 14.7. The molecule has 1 aromatic heterocycles. The van der Waals surface area contributed by atoms with Crippen LogP contribution in [0.25, 0.3) is 11.0 Å². The number of amides is 2. The molecule has 1 saturated heterocycles. The number of piperidine rings is 1. The van der Waals surface area contributed by atoms with Gasteiger partial charge in [0, 0.05) is 26.1 Å². The highest BCUT2D eigenvalue weighted by atomic mass is 16.3. The van der Waals surface area contributed by atoms with E-state index in [4.69, 9.17) is 0 Å². The minimum absolute atomic E-state index is 0.0559. The molecular formula is C19H26N4O2. The van der Waals surface area contributed by atoms with E-state index in [0.717, 1.165) is 42.5 Å². The van der Waals surface area contributed by atoms with Gasteiger partial charge in [0.2, 0.25) is 0 Å². The molecule has 4 rings (SSSR count). The van der Waals surface area contributed by atoms with Crippen LogP contribution in [0.5, 0.6) is 0 Å². The molecule has 25 heavy (non-hydrogen) atoms. The second-order valence-electron chi connectivity index (χ2n) is 7.48. The highest BCUT2D eigenvalue weighted by molar-refractivity contribution is 5.76. The van der Waals surface area contributed by atoms with E-state index in [2.05, 4.69) is 10.3 Å². The predicted octanol–water partition coefficient (Wildman–Crippen LogP) is 2.41. The van der Waals surface area contributed by atoms with Crippen LogP contribution >= 0.6 is 0 Å². The van der Waals surface area contributed by atoms with Crippen molar-refractivity contribution < 1.29 is 9.90 Å². The Balaban J connectivity index is 1.39. The van der Waals surface area contributed by atoms with Crippen LogP contribution in [-0.4, -0.2) is 44.3 Å². The van der Waals surface area contributed by atoms with Crippen molar-refractivity contribution in [2.24, 2.45) is 13.0 Å². The van der Waals surface area contributed by atoms with E-state index in [-0.39, 0.29) is 11.9 Å². The lowest BCUT2D eigenvalue weighted by atomic mass is 9.71. The molecule has 2 atom stereocenters. The number of nitrogens with zero attached hydrogens (tertiary/aromatic N) is 3. The molecule has 6 nitrogen and oxygen atoms in total. The molecule has 0 radical (unpaired) electrons. The molecule has 0 unspecified atom stereocenters. The Hall–Kier alpha value is -2.08. The molecule has 1 aliphatic heterocycles. The van der Waals surface area contributed by atoms with Crippen molar-refractivity contribution in [1.29, 1.82) is 0 Å². The molecule has 2 amide bonds. The van der Waals surface area contributed by atoms with Gasteiger partial charge in [-0.2, -0.15) is 0 Å². The summed E-state index contributed by atoms with van der Waals surface area (Å²) in [5.74, 6) is 1.07. The summed E-state index contributed by atoms with van der Waals surface area (Å²) in [6.07, 6.45) is 4.85. The number of hydrogen-bond donors (Lipinski definition) is 2. The normalized spacial score (nSPS) is 26.5. The fourth-order valence-electron chi connectivity index (χ4n) is 4.38. The zero-order chi connectivity index (χ0) is 17.4. The number of imidazole rings is 1. The third kappa shape index (κ3) is 2.99. The molecular weight excluding hydrogens is 316 g/mol. The maximum atomic E-state index is 12.6. The van der Waals surface area contributed by atoms with Gasteiger partial charge < -0.3 is 19.9 Å². The number of aryl methyl sites for hydroxylation is 1. The van der Waals surface area contributed by atoms with Crippen molar-refractivity contribution in [3.05, 3.63) is 30.1 Å². The van der Waals surface area contributed by atoms with Crippen molar-refractivity contribution in [3.63, 3.8) is 0 Å². The van der Waals surface area contributed by atoms with Gasteiger partial charge in [0.05, 0.1) is 23.2 Å². The van der Waals surface area contributed by atoms with Gasteiger partial charge in [0.25, 0.3) is 0 Å². The van der Waals surface area contributed by atoms with Crippen molar-refractivity contribution in [2.45, 2.75) is 44.2 Å². The number of nitrogens with one attached hydrogen (secondary N) is 1. The maximum Gasteiger partial charge on any atom is 0.317 e. The highest BCUT2D eigenvalue weighted by Crippen LogP contribution is 2.39. The third-order valence-corrected chi connectivity index (χ3v) is 5.99. The largest absolute Gasteiger partial charge is 0.389 e. The lowest BCUT2D eigenvalue weighted by Crippen LogP contribution is -2.56. The number of hydrogen-bond acceptors (Lipinski definition) is 3. The number of likely N-dealkylation sites (tertiary alicyclic amines) is 1. The molecule has 2 fully saturated rings. The molecule has 0 spiro atoms. The molecule has 2 heterocycles. The molecule has 2 aliphatic rings. The van der Waals surface area contributed by atoms with E-state index < -0.39 is 5.60 Å². The van der Waals surface area contributed by atoms with E-state index >= 15 is 0 Å². The van der Waals surface area contributed by atoms with Crippen LogP contribution in [0.3, 0.4) is 0 Å². The van der Waals surface area contributed by atoms with Crippen molar-refractivity contribution in [3.8, 4) is 0 Å². The zero-order valence-corrected chi connectivity index (χ0v) is 14.7. The fourth-order valence-corrected chi connectivity index (χ4v) is 4.38. The Kier molecular flexibility index (Phi) is 4.15. The Morgan fingerprint density at radius 1 is 1.36 bits per heavy atom. The van der Waals surface area contributed by atoms with Gasteiger partial charge in [0.15, 0.2) is 0 Å². The second-order valence-corrected chi connectivity index (χ2v) is 7.48. The number of rotatable bonds is 2. The third-order valence-electron chi connectivity index (χ3n) is 5.99. The second kappa shape index (κ2) is 6.33. The first-order valence-corrected chi connectivity index (χ1v) is 9.22. The number of aliphatic hydroxyl groups is 1. The summed E-state index contributed by atoms with van der Waals surface area (Å²) in [5, 5.41) is 13.7. The number of urea groups is 1. The molecule has 134 valence electrons. The molecule has 1 aliphatic carbocycles. The first-order chi connectivity index (χ1) is 12.1. The van der Waals surface area contributed by atoms with Gasteiger partial charge in [0.1, 0.15) is 5.82 Å². The summed E-state index contributed by atoms with van der Waals surface area (Å²) in [6.45, 7) is 1.70. The Morgan fingerprint density at radius 2 is 2.20 bits per heavy atom. The van der Waals surface area contributed by atoms with Crippen LogP contribution < -0.4 is 5.32 Å². The van der Waals surface area contributed by atoms with Crippen molar-refractivity contribution >= 4 is 17.1 Å². The Labute approximate surface area is 147 Å². The monoisotopic (exact) mass is 342 g/mol. The van der Waals surface area contributed by atoms with E-state index in [1.807, 2.05) is 40.8 Å². The lowest BCUT2D eigenvalue weighted by molar-refractivity contribution is -0.0870. The van der Waals surface area contributed by atoms with E-state index in [1.165, 1.54) is 0 Å². The van der Waals surface area contributed by atoms with E-state index in [9.17, 15) is 9.90 Å². The number of para-hydroxylation sites is 2. The van der Waals surface area contributed by atoms with Crippen molar-refractivity contribution in [1.82, 2.24) is 19.8 Å². The van der Waals surface area contributed by atoms with E-state index in [1.54, 1.807) is 0 Å². The number of carbonyl (C=O) groups is 1. The van der Waals surface area contributed by atoms with Crippen LogP contribution in [-0.2, 0) is 13.6 Å². The van der Waals surface area contributed by atoms with Gasteiger partial charge >= 0.3 is 6.03 Å². The smallest absolute Gasteiger partial charge is 0.317 e. The summed E-state index contributed by atoms with van der Waals surface area (Å²) >= 11 is 0. The Morgan fingerprint density at radius 3 is 3.04 bits per heavy atom. The molecule has 0 bridgehead atoms. The summed E-state index contributed by atoms with van der Waals surface area (Å²) < 4.78 is 2.02. The summed E-state index contributed by atoms with van der Waals surface area (Å²) in [7, 11) is 1.97. The van der Waals surface area contributed by atoms with Gasteiger partial charge in [-0.15, -0.1) is 0 Å². The molecule has 2 N–H and O–H groups in total. The van der Waals surface area contributed by atoms with Gasteiger partial charge in [-0.25, -0.2) is 9.78 Å². The molecule has 1 aromatic carbocycles. The number of fused-ring (bicyclic) bond motifs is 2. The fraction of sp³-hybridized carbons (Fsp3) is 0.579.